The van der Waals surface area contributed by atoms with Crippen molar-refractivity contribution < 1.29 is 43.0 Å². The molecular formula is C45H58N4O9. The van der Waals surface area contributed by atoms with Gasteiger partial charge < -0.3 is 35.1 Å². The summed E-state index contributed by atoms with van der Waals surface area (Å²) in [6, 6.07) is 24.5. The molecule has 312 valence electrons. The number of alkyl carbamates (subject to hydrolysis) is 1. The van der Waals surface area contributed by atoms with E-state index in [2.05, 4.69) is 16.0 Å². The predicted octanol–water partition coefficient (Wildman–Crippen LogP) is 6.04. The summed E-state index contributed by atoms with van der Waals surface area (Å²) in [7, 11) is 0. The Balaban J connectivity index is 1.45. The van der Waals surface area contributed by atoms with Gasteiger partial charge in [-0.2, -0.15) is 0 Å². The van der Waals surface area contributed by atoms with Crippen LogP contribution in [0.5, 0.6) is 0 Å². The van der Waals surface area contributed by atoms with Gasteiger partial charge in [0.15, 0.2) is 0 Å². The molecule has 4 rings (SSSR count). The molecular weight excluding hydrogens is 741 g/mol. The van der Waals surface area contributed by atoms with Crippen molar-refractivity contribution in [3.63, 3.8) is 0 Å². The fourth-order valence-corrected chi connectivity index (χ4v) is 6.49. The van der Waals surface area contributed by atoms with Gasteiger partial charge in [0.25, 0.3) is 0 Å². The monoisotopic (exact) mass is 798 g/mol. The number of esters is 2. The number of nitrogens with zero attached hydrogens (tertiary/aromatic N) is 1. The highest BCUT2D eigenvalue weighted by Crippen LogP contribution is 2.23. The molecule has 0 aromatic heterocycles. The Labute approximate surface area is 341 Å². The number of carbonyl (C=O) groups is 6. The number of unbranched alkanes of at least 4 members (excludes halogenated alkanes) is 1. The number of nitrogens with one attached hydrogen (secondary N) is 3. The average molecular weight is 799 g/mol. The number of hydrogen-bond acceptors (Lipinski definition) is 9. The van der Waals surface area contributed by atoms with Crippen LogP contribution in [0.2, 0.25) is 0 Å². The number of hydrogen-bond donors (Lipinski definition) is 3. The van der Waals surface area contributed by atoms with Crippen molar-refractivity contribution in [1.82, 2.24) is 20.9 Å². The highest BCUT2D eigenvalue weighted by atomic mass is 16.6. The van der Waals surface area contributed by atoms with E-state index in [-0.39, 0.29) is 32.5 Å². The number of aryl methyl sites for hydroxylation is 1. The molecule has 0 radical (unpaired) electrons. The Kier molecular flexibility index (Phi) is 16.8. The van der Waals surface area contributed by atoms with E-state index >= 15 is 0 Å². The van der Waals surface area contributed by atoms with Crippen LogP contribution in [-0.2, 0) is 46.4 Å². The van der Waals surface area contributed by atoms with Gasteiger partial charge in [0.05, 0.1) is 12.2 Å². The quantitative estimate of drug-likeness (QED) is 0.0744. The summed E-state index contributed by atoms with van der Waals surface area (Å²) in [5, 5.41) is 8.39. The first kappa shape index (κ1) is 45.0. The maximum Gasteiger partial charge on any atom is 0.408 e. The van der Waals surface area contributed by atoms with Crippen LogP contribution in [0, 0.1) is 0 Å². The fraction of sp³-hybridized carbons (Fsp3) is 0.467. The van der Waals surface area contributed by atoms with Crippen LogP contribution >= 0.6 is 0 Å². The average Bonchev–Trinajstić information content (AvgIpc) is 3.71. The van der Waals surface area contributed by atoms with E-state index in [9.17, 15) is 28.8 Å². The number of amides is 4. The van der Waals surface area contributed by atoms with Crippen molar-refractivity contribution in [2.24, 2.45) is 0 Å². The summed E-state index contributed by atoms with van der Waals surface area (Å²) in [6.07, 6.45) is 2.04. The molecule has 1 heterocycles. The lowest BCUT2D eigenvalue weighted by Gasteiger charge is -2.34. The summed E-state index contributed by atoms with van der Waals surface area (Å²) in [4.78, 5) is 82.4. The van der Waals surface area contributed by atoms with Crippen molar-refractivity contribution in [2.45, 2.75) is 122 Å². The molecule has 13 heteroatoms. The molecule has 1 aliphatic heterocycles. The van der Waals surface area contributed by atoms with Gasteiger partial charge in [0.2, 0.25) is 17.7 Å². The summed E-state index contributed by atoms with van der Waals surface area (Å²) >= 11 is 0. The van der Waals surface area contributed by atoms with E-state index in [1.54, 1.807) is 65.0 Å². The topological polar surface area (TPSA) is 169 Å². The molecule has 1 fully saturated rings. The Hall–Kier alpha value is -5.72. The molecule has 58 heavy (non-hydrogen) atoms. The molecule has 0 unspecified atom stereocenters. The molecule has 0 aliphatic carbocycles. The lowest BCUT2D eigenvalue weighted by molar-refractivity contribution is -0.155. The minimum atomic E-state index is -1.50. The molecule has 3 aromatic carbocycles. The van der Waals surface area contributed by atoms with Gasteiger partial charge in [-0.25, -0.2) is 14.4 Å². The minimum Gasteiger partial charge on any atom is -0.462 e. The highest BCUT2D eigenvalue weighted by molar-refractivity contribution is 5.97. The van der Waals surface area contributed by atoms with Gasteiger partial charge in [0, 0.05) is 6.54 Å². The van der Waals surface area contributed by atoms with Crippen molar-refractivity contribution >= 4 is 35.8 Å². The number of rotatable bonds is 19. The number of carbonyl (C=O) groups excluding carboxylic acids is 6. The lowest BCUT2D eigenvalue weighted by Crippen LogP contribution is -2.63. The van der Waals surface area contributed by atoms with E-state index < -0.39 is 65.0 Å². The number of benzene rings is 3. The fourth-order valence-electron chi connectivity index (χ4n) is 6.49. The summed E-state index contributed by atoms with van der Waals surface area (Å²) < 4.78 is 16.4. The van der Waals surface area contributed by atoms with Crippen molar-refractivity contribution in [1.29, 1.82) is 0 Å². The largest absolute Gasteiger partial charge is 0.462 e. The zero-order chi connectivity index (χ0) is 42.1. The van der Waals surface area contributed by atoms with Crippen LogP contribution in [0.4, 0.5) is 4.79 Å². The molecule has 3 aromatic rings. The van der Waals surface area contributed by atoms with Crippen molar-refractivity contribution in [3.05, 3.63) is 108 Å². The summed E-state index contributed by atoms with van der Waals surface area (Å²) in [5.74, 6) is -2.60. The van der Waals surface area contributed by atoms with Gasteiger partial charge in [-0.3, -0.25) is 14.4 Å². The van der Waals surface area contributed by atoms with E-state index in [1.165, 1.54) is 4.90 Å². The van der Waals surface area contributed by atoms with Crippen LogP contribution in [0.3, 0.4) is 0 Å². The number of likely N-dealkylation sites (tertiary alicyclic amines) is 1. The SMILES string of the molecule is CC[C@](C)(NC(=O)[C@H](CCCCOC(=O)c1ccccc1)NC(=O)OC(C)(C)C)C(=O)N[C@@H](CCc1ccccc1)C(=O)N1CCC[C@@H]1C(=O)OCc1ccccc1. The van der Waals surface area contributed by atoms with Crippen molar-refractivity contribution in [3.8, 4) is 0 Å². The van der Waals surface area contributed by atoms with E-state index in [0.717, 1.165) is 11.1 Å². The smallest absolute Gasteiger partial charge is 0.408 e. The summed E-state index contributed by atoms with van der Waals surface area (Å²) in [5.41, 5.74) is -0.113. The van der Waals surface area contributed by atoms with Crippen LogP contribution in [0.1, 0.15) is 101 Å². The van der Waals surface area contributed by atoms with Gasteiger partial charge in [0.1, 0.15) is 35.9 Å². The van der Waals surface area contributed by atoms with Crippen LogP contribution in [0.15, 0.2) is 91.0 Å². The second-order valence-corrected chi connectivity index (χ2v) is 15.7. The van der Waals surface area contributed by atoms with Crippen LogP contribution < -0.4 is 16.0 Å². The molecule has 13 nitrogen and oxygen atoms in total. The normalized spacial score (nSPS) is 15.9. The first-order chi connectivity index (χ1) is 27.7. The van der Waals surface area contributed by atoms with Gasteiger partial charge in [-0.1, -0.05) is 85.8 Å². The van der Waals surface area contributed by atoms with Gasteiger partial charge in [-0.05, 0) is 102 Å². The van der Waals surface area contributed by atoms with Gasteiger partial charge in [-0.15, -0.1) is 0 Å². The Bertz CT molecular complexity index is 1820. The minimum absolute atomic E-state index is 0.0758. The number of ether oxygens (including phenoxy) is 3. The van der Waals surface area contributed by atoms with Gasteiger partial charge >= 0.3 is 18.0 Å². The molecule has 1 aliphatic rings. The lowest BCUT2D eigenvalue weighted by atomic mass is 9.94. The molecule has 4 amide bonds. The Morgan fingerprint density at radius 2 is 1.38 bits per heavy atom. The Morgan fingerprint density at radius 1 is 0.759 bits per heavy atom. The maximum atomic E-state index is 14.3. The van der Waals surface area contributed by atoms with Crippen LogP contribution in [-0.4, -0.2) is 83.1 Å². The first-order valence-electron chi connectivity index (χ1n) is 20.1. The highest BCUT2D eigenvalue weighted by Gasteiger charge is 2.42. The first-order valence-corrected chi connectivity index (χ1v) is 20.1. The standard InChI is InChI=1S/C45H58N4O9/c1-6-45(5,48-38(50)35(47-43(55)58-44(2,3)4)25-16-17-30-56-40(52)34-23-14-9-15-24-34)42(54)46-36(28-27-32-19-10-7-11-20-32)39(51)49-29-18-26-37(49)41(53)57-31-33-21-12-8-13-22-33/h7-15,19-24,35-37H,6,16-18,25-31H2,1-5H3,(H,46,54)(H,47,55)(H,48,50)/t35-,36-,37+,45-/m0/s1. The Morgan fingerprint density at radius 3 is 2.00 bits per heavy atom. The molecule has 0 saturated carbocycles. The van der Waals surface area contributed by atoms with E-state index in [1.807, 2.05) is 60.7 Å². The third kappa shape index (κ3) is 14.0. The summed E-state index contributed by atoms with van der Waals surface area (Å²) in [6.45, 7) is 8.91. The third-order valence-corrected chi connectivity index (χ3v) is 9.94. The maximum absolute atomic E-state index is 14.3. The molecule has 1 saturated heterocycles. The zero-order valence-electron chi connectivity index (χ0n) is 34.3. The molecule has 0 bridgehead atoms. The second-order valence-electron chi connectivity index (χ2n) is 15.7. The van der Waals surface area contributed by atoms with Crippen molar-refractivity contribution in [2.75, 3.05) is 13.2 Å². The molecule has 0 spiro atoms. The molecule has 4 atom stereocenters. The third-order valence-electron chi connectivity index (χ3n) is 9.94. The zero-order valence-corrected chi connectivity index (χ0v) is 34.3. The van der Waals surface area contributed by atoms with E-state index in [4.69, 9.17) is 14.2 Å². The van der Waals surface area contributed by atoms with E-state index in [0.29, 0.717) is 44.2 Å². The predicted molar refractivity (Wildman–Crippen MR) is 218 cm³/mol. The van der Waals surface area contributed by atoms with Crippen LogP contribution in [0.25, 0.3) is 0 Å². The molecule has 3 N–H and O–H groups in total. The second kappa shape index (κ2) is 21.7.